The van der Waals surface area contributed by atoms with E-state index in [1.165, 1.54) is 0 Å². The molecule has 6 N–H and O–H groups in total. The van der Waals surface area contributed by atoms with Crippen LogP contribution in [0.5, 0.6) is 0 Å². The second kappa shape index (κ2) is 7.22. The molecule has 15 heavy (non-hydrogen) atoms. The van der Waals surface area contributed by atoms with E-state index in [0.717, 1.165) is 0 Å². The Bertz CT molecular complexity index is 282. The van der Waals surface area contributed by atoms with Crippen LogP contribution in [0.1, 0.15) is 0 Å². The Morgan fingerprint density at radius 1 is 1.27 bits per heavy atom. The lowest BCUT2D eigenvalue weighted by Crippen LogP contribution is -2.21. The lowest BCUT2D eigenvalue weighted by Gasteiger charge is -2.03. The third kappa shape index (κ3) is 31.5. The van der Waals surface area contributed by atoms with Crippen molar-refractivity contribution in [1.82, 2.24) is 0 Å². The predicted molar refractivity (Wildman–Crippen MR) is 44.9 cm³/mol. The van der Waals surface area contributed by atoms with Gasteiger partial charge in [-0.25, -0.2) is 8.75 Å². The van der Waals surface area contributed by atoms with Crippen molar-refractivity contribution in [3.8, 4) is 0 Å². The van der Waals surface area contributed by atoms with Crippen molar-refractivity contribution in [2.75, 3.05) is 13.2 Å². The highest BCUT2D eigenvalue weighted by molar-refractivity contribution is 7.80. The number of hydrogen-bond donors (Lipinski definition) is 6. The molecule has 0 aromatic carbocycles. The van der Waals surface area contributed by atoms with Crippen molar-refractivity contribution in [3.63, 3.8) is 0 Å². The Morgan fingerprint density at radius 3 is 1.80 bits per heavy atom. The first-order valence-electron chi connectivity index (χ1n) is 3.14. The smallest absolute Gasteiger partial charge is 0.394 e. The molecular weight excluding hydrogens is 259 g/mol. The first-order chi connectivity index (χ1) is 6.45. The van der Waals surface area contributed by atoms with Crippen LogP contribution in [-0.4, -0.2) is 57.2 Å². The van der Waals surface area contributed by atoms with E-state index in [2.05, 4.69) is 4.18 Å². The Balaban J connectivity index is 0. The van der Waals surface area contributed by atoms with Crippen LogP contribution in [0.3, 0.4) is 0 Å². The quantitative estimate of drug-likeness (QED) is 0.231. The van der Waals surface area contributed by atoms with Crippen LogP contribution in [0, 0.1) is 0 Å². The summed E-state index contributed by atoms with van der Waals surface area (Å²) in [7, 11) is -9.14. The van der Waals surface area contributed by atoms with Gasteiger partial charge in [-0.2, -0.15) is 8.42 Å². The maximum Gasteiger partial charge on any atom is 0.466 e. The molecule has 0 heterocycles. The lowest BCUT2D eigenvalue weighted by atomic mass is 10.4. The lowest BCUT2D eigenvalue weighted by molar-refractivity contribution is 0.0517. The fraction of sp³-hybridized carbons (Fsp3) is 1.00. The second-order valence-electron chi connectivity index (χ2n) is 2.06. The average Bonchev–Trinajstić information content (AvgIpc) is 1.95. The largest absolute Gasteiger partial charge is 0.466 e. The van der Waals surface area contributed by atoms with Gasteiger partial charge >= 0.3 is 18.2 Å². The minimum atomic E-state index is -4.64. The standard InChI is InChI=1S/C3H8O6S.H3O4P/c4-1-3(5)2-9-10(6,7)8;1-5(2,3)4/h3-5H,1-2H2,(H,6,7,8);(H3,1,2,3,4). The van der Waals surface area contributed by atoms with Gasteiger partial charge in [-0.3, -0.25) is 4.55 Å². The van der Waals surface area contributed by atoms with E-state index in [1.807, 2.05) is 0 Å². The minimum Gasteiger partial charge on any atom is -0.394 e. The maximum absolute atomic E-state index is 9.79. The summed E-state index contributed by atoms with van der Waals surface area (Å²) in [6.07, 6.45) is -1.29. The highest BCUT2D eigenvalue weighted by Crippen LogP contribution is 2.25. The fourth-order valence-corrected chi connectivity index (χ4v) is 0.546. The first-order valence-corrected chi connectivity index (χ1v) is 6.08. The SMILES string of the molecule is O=P(O)(O)O.O=S(=O)(O)OCC(O)CO. The van der Waals surface area contributed by atoms with E-state index in [-0.39, 0.29) is 0 Å². The molecule has 94 valence electrons. The molecule has 0 aromatic rings. The number of hydrogen-bond acceptors (Lipinski definition) is 6. The van der Waals surface area contributed by atoms with Gasteiger partial charge in [0.05, 0.1) is 13.2 Å². The molecule has 0 spiro atoms. The van der Waals surface area contributed by atoms with E-state index in [1.54, 1.807) is 0 Å². The molecule has 0 fully saturated rings. The Hall–Kier alpha value is -0.100. The second-order valence-corrected chi connectivity index (χ2v) is 4.18. The highest BCUT2D eigenvalue weighted by atomic mass is 32.3. The highest BCUT2D eigenvalue weighted by Gasteiger charge is 2.08. The van der Waals surface area contributed by atoms with Crippen molar-refractivity contribution in [2.45, 2.75) is 6.10 Å². The number of rotatable bonds is 4. The van der Waals surface area contributed by atoms with Crippen molar-refractivity contribution in [1.29, 1.82) is 0 Å². The summed E-state index contributed by atoms with van der Waals surface area (Å²) in [5.41, 5.74) is 0. The summed E-state index contributed by atoms with van der Waals surface area (Å²) >= 11 is 0. The Morgan fingerprint density at radius 2 is 1.60 bits per heavy atom. The normalized spacial score (nSPS) is 14.0. The van der Waals surface area contributed by atoms with Crippen molar-refractivity contribution < 1.29 is 46.6 Å². The van der Waals surface area contributed by atoms with Gasteiger partial charge in [-0.1, -0.05) is 0 Å². The van der Waals surface area contributed by atoms with Crippen molar-refractivity contribution in [3.05, 3.63) is 0 Å². The third-order valence-electron chi connectivity index (χ3n) is 0.620. The van der Waals surface area contributed by atoms with Gasteiger partial charge < -0.3 is 24.9 Å². The molecule has 0 aliphatic heterocycles. The van der Waals surface area contributed by atoms with Crippen LogP contribution in [0.15, 0.2) is 0 Å². The van der Waals surface area contributed by atoms with E-state index >= 15 is 0 Å². The predicted octanol–water partition coefficient (Wildman–Crippen LogP) is -2.77. The molecule has 0 aliphatic carbocycles. The van der Waals surface area contributed by atoms with Gasteiger partial charge in [-0.05, 0) is 0 Å². The van der Waals surface area contributed by atoms with Crippen LogP contribution < -0.4 is 0 Å². The van der Waals surface area contributed by atoms with Crippen LogP contribution in [0.2, 0.25) is 0 Å². The third-order valence-corrected chi connectivity index (χ3v) is 1.05. The zero-order valence-electron chi connectivity index (χ0n) is 7.16. The molecule has 0 bridgehead atoms. The molecule has 1 atom stereocenters. The van der Waals surface area contributed by atoms with E-state index < -0.39 is 37.5 Å². The zero-order valence-corrected chi connectivity index (χ0v) is 8.87. The summed E-state index contributed by atoms with van der Waals surface area (Å²) < 4.78 is 40.1. The van der Waals surface area contributed by atoms with Crippen molar-refractivity contribution >= 4 is 18.2 Å². The molecule has 0 saturated heterocycles. The van der Waals surface area contributed by atoms with Crippen LogP contribution in [-0.2, 0) is 19.1 Å². The minimum absolute atomic E-state index is 0.616. The fourth-order valence-electron chi connectivity index (χ4n) is 0.217. The summed E-state index contributed by atoms with van der Waals surface area (Å²) in [5.74, 6) is 0. The number of phosphoric acid groups is 1. The van der Waals surface area contributed by atoms with Gasteiger partial charge in [-0.15, -0.1) is 0 Å². The van der Waals surface area contributed by atoms with Gasteiger partial charge in [0.15, 0.2) is 0 Å². The summed E-state index contributed by atoms with van der Waals surface area (Å²) in [5, 5.41) is 16.6. The van der Waals surface area contributed by atoms with E-state index in [9.17, 15) is 8.42 Å². The molecule has 0 aliphatic rings. The van der Waals surface area contributed by atoms with E-state index in [4.69, 9.17) is 34.0 Å². The maximum atomic E-state index is 9.79. The van der Waals surface area contributed by atoms with E-state index in [0.29, 0.717) is 0 Å². The monoisotopic (exact) mass is 270 g/mol. The van der Waals surface area contributed by atoms with Gasteiger partial charge in [0, 0.05) is 0 Å². The Labute approximate surface area is 84.9 Å². The number of aliphatic hydroxyl groups excluding tert-OH is 2. The van der Waals surface area contributed by atoms with Crippen LogP contribution >= 0.6 is 7.82 Å². The van der Waals surface area contributed by atoms with Gasteiger partial charge in [0.2, 0.25) is 0 Å². The van der Waals surface area contributed by atoms with Crippen LogP contribution in [0.25, 0.3) is 0 Å². The van der Waals surface area contributed by atoms with Gasteiger partial charge in [0.1, 0.15) is 6.10 Å². The molecule has 12 heteroatoms. The molecular formula is C3H11O10PS. The summed E-state index contributed by atoms with van der Waals surface area (Å²) in [6.45, 7) is -1.26. The number of aliphatic hydroxyl groups is 2. The Kier molecular flexibility index (Phi) is 8.33. The first kappa shape index (κ1) is 17.3. The molecule has 0 rings (SSSR count). The summed E-state index contributed by atoms with van der Waals surface area (Å²) in [4.78, 5) is 21.6. The molecule has 0 amide bonds. The average molecular weight is 270 g/mol. The summed E-state index contributed by atoms with van der Waals surface area (Å²) in [6, 6.07) is 0. The molecule has 0 saturated carbocycles. The zero-order chi connectivity index (χ0) is 12.7. The molecule has 1 unspecified atom stereocenters. The molecule has 10 nitrogen and oxygen atoms in total. The van der Waals surface area contributed by atoms with Crippen LogP contribution in [0.4, 0.5) is 0 Å². The topological polar surface area (TPSA) is 182 Å². The molecule has 0 aromatic heterocycles. The van der Waals surface area contributed by atoms with Crippen molar-refractivity contribution in [2.24, 2.45) is 0 Å². The van der Waals surface area contributed by atoms with Gasteiger partial charge in [0.25, 0.3) is 0 Å². The molecule has 0 radical (unpaired) electrons.